The van der Waals surface area contributed by atoms with E-state index in [-0.39, 0.29) is 5.57 Å². The molecule has 1 rings (SSSR count). The van der Waals surface area contributed by atoms with Crippen molar-refractivity contribution >= 4 is 28.0 Å². The molecule has 6 heteroatoms. The minimum atomic E-state index is -1.24. The lowest BCUT2D eigenvalue weighted by Crippen LogP contribution is -2.15. The molecular formula is C15H17BrN2O3. The van der Waals surface area contributed by atoms with E-state index in [1.54, 1.807) is 24.3 Å². The van der Waals surface area contributed by atoms with Gasteiger partial charge in [0.2, 0.25) is 0 Å². The first-order valence-corrected chi connectivity index (χ1v) is 7.15. The normalized spacial score (nSPS) is 11.3. The summed E-state index contributed by atoms with van der Waals surface area (Å²) < 4.78 is 6.37. The molecule has 0 radical (unpaired) electrons. The van der Waals surface area contributed by atoms with Gasteiger partial charge in [0.25, 0.3) is 0 Å². The Morgan fingerprint density at radius 2 is 2.24 bits per heavy atom. The van der Waals surface area contributed by atoms with Gasteiger partial charge in [-0.1, -0.05) is 6.07 Å². The molecule has 0 spiro atoms. The van der Waals surface area contributed by atoms with Crippen LogP contribution in [0.4, 0.5) is 0 Å². The van der Waals surface area contributed by atoms with Crippen LogP contribution in [0.3, 0.4) is 0 Å². The predicted molar refractivity (Wildman–Crippen MR) is 84.0 cm³/mol. The standard InChI is InChI=1S/C15H17BrN2O3/c1-18(2)6-3-7-21-14-5-4-11(9-13(14)16)8-12(10-17)15(19)20/h4-5,8-9H,3,6-7H2,1-2H3,(H,19,20). The Kier molecular flexibility index (Phi) is 6.92. The molecule has 0 aliphatic carbocycles. The first kappa shape index (κ1) is 17.2. The molecule has 0 unspecified atom stereocenters. The van der Waals surface area contributed by atoms with Gasteiger partial charge in [0.1, 0.15) is 17.4 Å². The second-order valence-corrected chi connectivity index (χ2v) is 5.52. The van der Waals surface area contributed by atoms with Gasteiger partial charge in [-0.05, 0) is 60.2 Å². The maximum atomic E-state index is 10.8. The number of benzene rings is 1. The Hall–Kier alpha value is -1.84. The predicted octanol–water partition coefficient (Wildman–Crippen LogP) is 2.77. The van der Waals surface area contributed by atoms with E-state index in [0.29, 0.717) is 17.9 Å². The zero-order chi connectivity index (χ0) is 15.8. The molecule has 1 aromatic rings. The molecule has 1 N–H and O–H groups in total. The molecule has 0 saturated carbocycles. The van der Waals surface area contributed by atoms with E-state index in [2.05, 4.69) is 20.8 Å². The lowest BCUT2D eigenvalue weighted by molar-refractivity contribution is -0.132. The Bertz CT molecular complexity index is 577. The number of carbonyl (C=O) groups is 1. The first-order valence-electron chi connectivity index (χ1n) is 6.36. The molecule has 112 valence electrons. The fourth-order valence-electron chi connectivity index (χ4n) is 1.60. The first-order chi connectivity index (χ1) is 9.93. The van der Waals surface area contributed by atoms with Crippen LogP contribution in [0.2, 0.25) is 0 Å². The zero-order valence-corrected chi connectivity index (χ0v) is 13.6. The molecule has 21 heavy (non-hydrogen) atoms. The number of nitrogens with zero attached hydrogens (tertiary/aromatic N) is 2. The summed E-state index contributed by atoms with van der Waals surface area (Å²) in [6.07, 6.45) is 2.24. The topological polar surface area (TPSA) is 73.6 Å². The molecule has 5 nitrogen and oxygen atoms in total. The molecule has 0 aliphatic heterocycles. The van der Waals surface area contributed by atoms with Crippen LogP contribution in [-0.2, 0) is 4.79 Å². The third-order valence-corrected chi connectivity index (χ3v) is 3.24. The number of nitriles is 1. The van der Waals surface area contributed by atoms with Crippen LogP contribution in [-0.4, -0.2) is 43.2 Å². The second-order valence-electron chi connectivity index (χ2n) is 4.67. The summed E-state index contributed by atoms with van der Waals surface area (Å²) in [6, 6.07) is 6.84. The Balaban J connectivity index is 2.73. The molecule has 1 aromatic carbocycles. The van der Waals surface area contributed by atoms with Crippen molar-refractivity contribution in [1.82, 2.24) is 4.90 Å². The van der Waals surface area contributed by atoms with Gasteiger partial charge >= 0.3 is 5.97 Å². The van der Waals surface area contributed by atoms with Gasteiger partial charge in [-0.15, -0.1) is 0 Å². The number of hydrogen-bond acceptors (Lipinski definition) is 4. The minimum Gasteiger partial charge on any atom is -0.492 e. The SMILES string of the molecule is CN(C)CCCOc1ccc(C=C(C#N)C(=O)O)cc1Br. The number of ether oxygens (including phenoxy) is 1. The van der Waals surface area contributed by atoms with Crippen LogP contribution in [0.5, 0.6) is 5.75 Å². The van der Waals surface area contributed by atoms with Crippen LogP contribution in [0.1, 0.15) is 12.0 Å². The van der Waals surface area contributed by atoms with E-state index in [1.165, 1.54) is 6.08 Å². The van der Waals surface area contributed by atoms with Crippen molar-refractivity contribution < 1.29 is 14.6 Å². The summed E-state index contributed by atoms with van der Waals surface area (Å²) in [7, 11) is 4.01. The molecule has 0 aromatic heterocycles. The third-order valence-electron chi connectivity index (χ3n) is 2.63. The fraction of sp³-hybridized carbons (Fsp3) is 0.333. The molecule has 0 atom stereocenters. The van der Waals surface area contributed by atoms with E-state index < -0.39 is 5.97 Å². The highest BCUT2D eigenvalue weighted by Gasteiger charge is 2.07. The van der Waals surface area contributed by atoms with Crippen molar-refractivity contribution in [2.45, 2.75) is 6.42 Å². The van der Waals surface area contributed by atoms with Crippen molar-refractivity contribution in [2.75, 3.05) is 27.2 Å². The highest BCUT2D eigenvalue weighted by Crippen LogP contribution is 2.27. The second kappa shape index (κ2) is 8.45. The number of halogens is 1. The molecule has 0 heterocycles. The Labute approximate surface area is 132 Å². The van der Waals surface area contributed by atoms with Gasteiger partial charge in [0.15, 0.2) is 0 Å². The van der Waals surface area contributed by atoms with Gasteiger partial charge in [-0.2, -0.15) is 5.26 Å². The van der Waals surface area contributed by atoms with Gasteiger partial charge in [-0.25, -0.2) is 4.79 Å². The van der Waals surface area contributed by atoms with Crippen molar-refractivity contribution in [2.24, 2.45) is 0 Å². The van der Waals surface area contributed by atoms with E-state index >= 15 is 0 Å². The van der Waals surface area contributed by atoms with Gasteiger partial charge < -0.3 is 14.7 Å². The zero-order valence-electron chi connectivity index (χ0n) is 12.0. The third kappa shape index (κ3) is 5.98. The molecule has 0 aliphatic rings. The lowest BCUT2D eigenvalue weighted by Gasteiger charge is -2.11. The highest BCUT2D eigenvalue weighted by molar-refractivity contribution is 9.10. The lowest BCUT2D eigenvalue weighted by atomic mass is 10.1. The van der Waals surface area contributed by atoms with Crippen molar-refractivity contribution in [3.8, 4) is 11.8 Å². The summed E-state index contributed by atoms with van der Waals surface area (Å²) in [4.78, 5) is 12.9. The number of hydrogen-bond donors (Lipinski definition) is 1. The molecule has 0 saturated heterocycles. The summed E-state index contributed by atoms with van der Waals surface area (Å²) >= 11 is 3.38. The molecular weight excluding hydrogens is 336 g/mol. The van der Waals surface area contributed by atoms with Crippen molar-refractivity contribution in [3.05, 3.63) is 33.8 Å². The van der Waals surface area contributed by atoms with Crippen molar-refractivity contribution in [1.29, 1.82) is 5.26 Å². The van der Waals surface area contributed by atoms with Crippen LogP contribution in [0.15, 0.2) is 28.2 Å². The van der Waals surface area contributed by atoms with Gasteiger partial charge in [0.05, 0.1) is 11.1 Å². The van der Waals surface area contributed by atoms with Crippen molar-refractivity contribution in [3.63, 3.8) is 0 Å². The monoisotopic (exact) mass is 352 g/mol. The van der Waals surface area contributed by atoms with E-state index in [9.17, 15) is 4.79 Å². The number of aliphatic carboxylic acids is 1. The summed E-state index contributed by atoms with van der Waals surface area (Å²) in [6.45, 7) is 1.55. The fourth-order valence-corrected chi connectivity index (χ4v) is 2.11. The number of carboxylic acid groups (broad SMARTS) is 1. The Morgan fingerprint density at radius 3 is 2.76 bits per heavy atom. The summed E-state index contributed by atoms with van der Waals surface area (Å²) in [5.41, 5.74) is 0.322. The van der Waals surface area contributed by atoms with E-state index in [4.69, 9.17) is 15.1 Å². The molecule has 0 bridgehead atoms. The van der Waals surface area contributed by atoms with E-state index in [1.807, 2.05) is 14.1 Å². The van der Waals surface area contributed by atoms with Crippen LogP contribution >= 0.6 is 15.9 Å². The highest BCUT2D eigenvalue weighted by atomic mass is 79.9. The average Bonchev–Trinajstić information content (AvgIpc) is 2.42. The maximum Gasteiger partial charge on any atom is 0.346 e. The largest absolute Gasteiger partial charge is 0.492 e. The number of rotatable bonds is 7. The number of carboxylic acids is 1. The minimum absolute atomic E-state index is 0.304. The van der Waals surface area contributed by atoms with Crippen LogP contribution < -0.4 is 4.74 Å². The average molecular weight is 353 g/mol. The van der Waals surface area contributed by atoms with Gasteiger partial charge in [0, 0.05) is 6.54 Å². The van der Waals surface area contributed by atoms with Gasteiger partial charge in [-0.3, -0.25) is 0 Å². The Morgan fingerprint density at radius 1 is 1.52 bits per heavy atom. The van der Waals surface area contributed by atoms with E-state index in [0.717, 1.165) is 17.4 Å². The maximum absolute atomic E-state index is 10.8. The molecule has 0 amide bonds. The van der Waals surface area contributed by atoms with Crippen LogP contribution in [0, 0.1) is 11.3 Å². The summed E-state index contributed by atoms with van der Waals surface area (Å²) in [5.74, 6) is -0.544. The molecule has 0 fully saturated rings. The smallest absolute Gasteiger partial charge is 0.346 e. The van der Waals surface area contributed by atoms with Crippen LogP contribution in [0.25, 0.3) is 6.08 Å². The quantitative estimate of drug-likeness (QED) is 0.464. The summed E-state index contributed by atoms with van der Waals surface area (Å²) in [5, 5.41) is 17.5.